The molecule has 9 heteroatoms. The third-order valence-corrected chi connectivity index (χ3v) is 5.56. The van der Waals surface area contributed by atoms with Crippen LogP contribution in [0.15, 0.2) is 75.7 Å². The van der Waals surface area contributed by atoms with Crippen molar-refractivity contribution >= 4 is 33.6 Å². The third kappa shape index (κ3) is 3.82. The van der Waals surface area contributed by atoms with Crippen molar-refractivity contribution in [3.8, 4) is 12.1 Å². The van der Waals surface area contributed by atoms with Crippen LogP contribution in [0.1, 0.15) is 17.0 Å². The first-order chi connectivity index (χ1) is 15.4. The second-order valence-electron chi connectivity index (χ2n) is 6.61. The second kappa shape index (κ2) is 9.38. The van der Waals surface area contributed by atoms with Gasteiger partial charge in [0.15, 0.2) is 0 Å². The Balaban J connectivity index is 2.43. The Bertz CT molecular complexity index is 1240. The third-order valence-electron chi connectivity index (χ3n) is 4.93. The molecule has 1 aliphatic heterocycles. The van der Waals surface area contributed by atoms with E-state index in [4.69, 9.17) is 15.2 Å². The number of methoxy groups -OCH3 is 2. The van der Waals surface area contributed by atoms with Crippen LogP contribution in [-0.4, -0.2) is 26.2 Å². The van der Waals surface area contributed by atoms with E-state index in [0.717, 1.165) is 0 Å². The molecular formula is C23H17BrN4O4. The summed E-state index contributed by atoms with van der Waals surface area (Å²) in [4.78, 5) is 27.2. The van der Waals surface area contributed by atoms with Crippen LogP contribution in [0.2, 0.25) is 0 Å². The van der Waals surface area contributed by atoms with Crippen LogP contribution in [0, 0.1) is 22.7 Å². The lowest BCUT2D eigenvalue weighted by Gasteiger charge is -2.36. The van der Waals surface area contributed by atoms with E-state index in [2.05, 4.69) is 22.0 Å². The molecule has 2 aromatic rings. The molecular weight excluding hydrogens is 476 g/mol. The fourth-order valence-electron chi connectivity index (χ4n) is 3.52. The van der Waals surface area contributed by atoms with Crippen molar-refractivity contribution in [1.29, 1.82) is 10.5 Å². The van der Waals surface area contributed by atoms with Crippen molar-refractivity contribution in [2.24, 2.45) is 5.73 Å². The van der Waals surface area contributed by atoms with Gasteiger partial charge in [-0.05, 0) is 39.7 Å². The SMILES string of the molecule is COC(=O)C1=C(C(=O)OC)N(c2ccc(C#N)cc2Br)C(N)=C(C#N)C1c1ccccc1. The van der Waals surface area contributed by atoms with Crippen molar-refractivity contribution in [3.05, 3.63) is 86.8 Å². The molecule has 2 aromatic carbocycles. The number of allylic oxidation sites excluding steroid dienone is 1. The molecule has 3 rings (SSSR count). The van der Waals surface area contributed by atoms with Gasteiger partial charge in [0.2, 0.25) is 0 Å². The zero-order valence-corrected chi connectivity index (χ0v) is 18.7. The molecule has 0 aromatic heterocycles. The van der Waals surface area contributed by atoms with Gasteiger partial charge in [-0.15, -0.1) is 0 Å². The predicted molar refractivity (Wildman–Crippen MR) is 118 cm³/mol. The fraction of sp³-hybridized carbons (Fsp3) is 0.130. The maximum atomic E-state index is 13.0. The molecule has 0 amide bonds. The lowest BCUT2D eigenvalue weighted by molar-refractivity contribution is -0.139. The average Bonchev–Trinajstić information content (AvgIpc) is 2.82. The number of nitrogens with two attached hydrogens (primary N) is 1. The molecule has 0 saturated heterocycles. The summed E-state index contributed by atoms with van der Waals surface area (Å²) in [6.07, 6.45) is 0. The number of rotatable bonds is 4. The second-order valence-corrected chi connectivity index (χ2v) is 7.47. The first-order valence-corrected chi connectivity index (χ1v) is 10.0. The average molecular weight is 493 g/mol. The number of hydrogen-bond donors (Lipinski definition) is 1. The topological polar surface area (TPSA) is 129 Å². The fourth-order valence-corrected chi connectivity index (χ4v) is 4.08. The van der Waals surface area contributed by atoms with Crippen LogP contribution >= 0.6 is 15.9 Å². The summed E-state index contributed by atoms with van der Waals surface area (Å²) in [5.41, 5.74) is 7.48. The van der Waals surface area contributed by atoms with Crippen LogP contribution in [0.4, 0.5) is 5.69 Å². The minimum atomic E-state index is -0.948. The van der Waals surface area contributed by atoms with Crippen LogP contribution < -0.4 is 10.6 Å². The summed E-state index contributed by atoms with van der Waals surface area (Å²) in [5.74, 6) is -2.66. The molecule has 0 bridgehead atoms. The number of esters is 2. The Hall–Kier alpha value is -4.08. The lowest BCUT2D eigenvalue weighted by atomic mass is 9.81. The molecule has 160 valence electrons. The van der Waals surface area contributed by atoms with Gasteiger partial charge in [-0.2, -0.15) is 10.5 Å². The number of benzene rings is 2. The molecule has 8 nitrogen and oxygen atoms in total. The number of halogens is 1. The zero-order chi connectivity index (χ0) is 23.4. The largest absolute Gasteiger partial charge is 0.466 e. The maximum Gasteiger partial charge on any atom is 0.355 e. The van der Waals surface area contributed by atoms with E-state index in [1.807, 2.05) is 6.07 Å². The van der Waals surface area contributed by atoms with Gasteiger partial charge in [0.1, 0.15) is 11.5 Å². The number of carbonyl (C=O) groups excluding carboxylic acids is 2. The smallest absolute Gasteiger partial charge is 0.355 e. The standard InChI is InChI=1S/C23H17BrN4O4/c1-31-22(29)19-18(14-6-4-3-5-7-14)15(12-26)21(27)28(20(19)23(30)32-2)17-9-8-13(11-25)10-16(17)24/h3-10,18H,27H2,1-2H3. The number of hydrogen-bond acceptors (Lipinski definition) is 8. The van der Waals surface area contributed by atoms with E-state index in [-0.39, 0.29) is 22.7 Å². The highest BCUT2D eigenvalue weighted by atomic mass is 79.9. The van der Waals surface area contributed by atoms with Gasteiger partial charge in [-0.3, -0.25) is 4.90 Å². The molecule has 0 spiro atoms. The number of nitrogens with zero attached hydrogens (tertiary/aromatic N) is 3. The van der Waals surface area contributed by atoms with Crippen molar-refractivity contribution in [2.45, 2.75) is 5.92 Å². The molecule has 2 N–H and O–H groups in total. The van der Waals surface area contributed by atoms with E-state index in [1.54, 1.807) is 36.4 Å². The molecule has 1 aliphatic rings. The molecule has 1 atom stereocenters. The summed E-state index contributed by atoms with van der Waals surface area (Å²) in [6.45, 7) is 0. The van der Waals surface area contributed by atoms with Gasteiger partial charge in [0.25, 0.3) is 0 Å². The van der Waals surface area contributed by atoms with Crippen LogP contribution in [0.5, 0.6) is 0 Å². The molecule has 1 unspecified atom stereocenters. The Labute approximate surface area is 192 Å². The zero-order valence-electron chi connectivity index (χ0n) is 17.1. The molecule has 32 heavy (non-hydrogen) atoms. The van der Waals surface area contributed by atoms with Crippen molar-refractivity contribution in [3.63, 3.8) is 0 Å². The predicted octanol–water partition coefficient (Wildman–Crippen LogP) is 3.22. The van der Waals surface area contributed by atoms with Crippen LogP contribution in [0.25, 0.3) is 0 Å². The Morgan fingerprint density at radius 1 is 1.03 bits per heavy atom. The highest BCUT2D eigenvalue weighted by molar-refractivity contribution is 9.10. The highest BCUT2D eigenvalue weighted by Gasteiger charge is 2.43. The van der Waals surface area contributed by atoms with Crippen LogP contribution in [-0.2, 0) is 19.1 Å². The van der Waals surface area contributed by atoms with Gasteiger partial charge in [0, 0.05) is 4.47 Å². The number of nitriles is 2. The summed E-state index contributed by atoms with van der Waals surface area (Å²) >= 11 is 3.38. The summed E-state index contributed by atoms with van der Waals surface area (Å²) in [6, 6.07) is 17.4. The van der Waals surface area contributed by atoms with Crippen molar-refractivity contribution < 1.29 is 19.1 Å². The Morgan fingerprint density at radius 3 is 2.22 bits per heavy atom. The first-order valence-electron chi connectivity index (χ1n) is 9.24. The van der Waals surface area contributed by atoms with E-state index in [9.17, 15) is 20.1 Å². The maximum absolute atomic E-state index is 13.0. The summed E-state index contributed by atoms with van der Waals surface area (Å²) < 4.78 is 10.4. The van der Waals surface area contributed by atoms with Gasteiger partial charge in [0.05, 0.1) is 54.7 Å². The van der Waals surface area contributed by atoms with Crippen molar-refractivity contribution in [1.82, 2.24) is 0 Å². The summed E-state index contributed by atoms with van der Waals surface area (Å²) in [7, 11) is 2.36. The molecule has 0 saturated carbocycles. The monoisotopic (exact) mass is 492 g/mol. The molecule has 0 fully saturated rings. The quantitative estimate of drug-likeness (QED) is 0.643. The van der Waals surface area contributed by atoms with Crippen molar-refractivity contribution in [2.75, 3.05) is 19.1 Å². The number of carbonyl (C=O) groups is 2. The van der Waals surface area contributed by atoms with E-state index in [0.29, 0.717) is 21.3 Å². The van der Waals surface area contributed by atoms with E-state index >= 15 is 0 Å². The molecule has 0 radical (unpaired) electrons. The van der Waals surface area contributed by atoms with Gasteiger partial charge in [-0.25, -0.2) is 9.59 Å². The molecule has 1 heterocycles. The summed E-state index contributed by atoms with van der Waals surface area (Å²) in [5, 5.41) is 19.2. The number of anilines is 1. The van der Waals surface area contributed by atoms with Gasteiger partial charge >= 0.3 is 11.9 Å². The van der Waals surface area contributed by atoms with E-state index in [1.165, 1.54) is 31.3 Å². The van der Waals surface area contributed by atoms with Gasteiger partial charge < -0.3 is 15.2 Å². The molecule has 0 aliphatic carbocycles. The van der Waals surface area contributed by atoms with E-state index < -0.39 is 17.9 Å². The Morgan fingerprint density at radius 2 is 1.69 bits per heavy atom. The minimum absolute atomic E-state index is 0.0557. The Kier molecular flexibility index (Phi) is 6.62. The first kappa shape index (κ1) is 22.6. The highest BCUT2D eigenvalue weighted by Crippen LogP contribution is 2.44. The normalized spacial score (nSPS) is 15.7. The van der Waals surface area contributed by atoms with Gasteiger partial charge in [-0.1, -0.05) is 30.3 Å². The van der Waals surface area contributed by atoms with Crippen LogP contribution in [0.3, 0.4) is 0 Å². The number of ether oxygens (including phenoxy) is 2. The lowest BCUT2D eigenvalue weighted by Crippen LogP contribution is -2.41. The minimum Gasteiger partial charge on any atom is -0.466 e.